The van der Waals surface area contributed by atoms with Gasteiger partial charge in [-0.05, 0) is 12.0 Å². The van der Waals surface area contributed by atoms with Crippen LogP contribution in [0, 0.1) is 0 Å². The Hall–Kier alpha value is -0.900. The van der Waals surface area contributed by atoms with Crippen molar-refractivity contribution in [2.24, 2.45) is 5.73 Å². The van der Waals surface area contributed by atoms with Gasteiger partial charge in [0.25, 0.3) is 0 Å². The molecule has 0 aliphatic heterocycles. The van der Waals surface area contributed by atoms with E-state index in [-0.39, 0.29) is 0 Å². The van der Waals surface area contributed by atoms with Crippen LogP contribution in [0.5, 0.6) is 0 Å². The topological polar surface area (TPSA) is 44.5 Å². The predicted octanol–water partition coefficient (Wildman–Crippen LogP) is 1.57. The van der Waals surface area contributed by atoms with Crippen molar-refractivity contribution >= 4 is 0 Å². The summed E-state index contributed by atoms with van der Waals surface area (Å²) in [7, 11) is 3.25. The van der Waals surface area contributed by atoms with Gasteiger partial charge in [-0.2, -0.15) is 0 Å². The van der Waals surface area contributed by atoms with E-state index in [1.54, 1.807) is 14.2 Å². The molecule has 1 aromatic carbocycles. The summed E-state index contributed by atoms with van der Waals surface area (Å²) in [6.07, 6.45) is 1.67. The molecule has 0 amide bonds. The van der Waals surface area contributed by atoms with Gasteiger partial charge in [-0.1, -0.05) is 30.3 Å². The lowest BCUT2D eigenvalue weighted by molar-refractivity contribution is -0.202. The molecular weight excluding hydrogens is 190 g/mol. The summed E-state index contributed by atoms with van der Waals surface area (Å²) in [5, 5.41) is 0. The average Bonchev–Trinajstić information content (AvgIpc) is 2.33. The van der Waals surface area contributed by atoms with Crippen LogP contribution in [0.25, 0.3) is 0 Å². The van der Waals surface area contributed by atoms with E-state index in [1.807, 2.05) is 18.2 Å². The van der Waals surface area contributed by atoms with Gasteiger partial charge < -0.3 is 15.2 Å². The number of aryl methyl sites for hydroxylation is 1. The molecule has 0 atom stereocenters. The van der Waals surface area contributed by atoms with Gasteiger partial charge in [0.05, 0.1) is 0 Å². The summed E-state index contributed by atoms with van der Waals surface area (Å²) in [5.41, 5.74) is 6.91. The van der Waals surface area contributed by atoms with Crippen LogP contribution in [0.2, 0.25) is 0 Å². The Labute approximate surface area is 91.2 Å². The zero-order valence-corrected chi connectivity index (χ0v) is 9.40. The van der Waals surface area contributed by atoms with Gasteiger partial charge in [0.1, 0.15) is 0 Å². The maximum atomic E-state index is 5.64. The quantitative estimate of drug-likeness (QED) is 0.723. The third-order valence-corrected chi connectivity index (χ3v) is 2.69. The number of hydrogen-bond acceptors (Lipinski definition) is 3. The van der Waals surface area contributed by atoms with Crippen LogP contribution >= 0.6 is 0 Å². The molecule has 1 aromatic rings. The van der Waals surface area contributed by atoms with E-state index in [0.717, 1.165) is 12.8 Å². The first-order chi connectivity index (χ1) is 7.26. The fourth-order valence-corrected chi connectivity index (χ4v) is 1.54. The van der Waals surface area contributed by atoms with E-state index in [4.69, 9.17) is 15.2 Å². The van der Waals surface area contributed by atoms with Crippen LogP contribution in [0.4, 0.5) is 0 Å². The standard InChI is InChI=1S/C12H19NO2/c1-14-12(10-13,15-2)9-8-11-6-4-3-5-7-11/h3-7H,8-10,13H2,1-2H3. The van der Waals surface area contributed by atoms with Gasteiger partial charge in [-0.25, -0.2) is 0 Å². The van der Waals surface area contributed by atoms with Crippen molar-refractivity contribution in [3.63, 3.8) is 0 Å². The van der Waals surface area contributed by atoms with E-state index in [9.17, 15) is 0 Å². The number of methoxy groups -OCH3 is 2. The van der Waals surface area contributed by atoms with Crippen LogP contribution in [0.15, 0.2) is 30.3 Å². The van der Waals surface area contributed by atoms with Crippen LogP contribution in [0.3, 0.4) is 0 Å². The van der Waals surface area contributed by atoms with E-state index in [2.05, 4.69) is 12.1 Å². The lowest BCUT2D eigenvalue weighted by Gasteiger charge is -2.29. The minimum Gasteiger partial charge on any atom is -0.352 e. The molecule has 0 fully saturated rings. The van der Waals surface area contributed by atoms with Gasteiger partial charge in [0, 0.05) is 27.2 Å². The monoisotopic (exact) mass is 209 g/mol. The third kappa shape index (κ3) is 3.30. The summed E-state index contributed by atoms with van der Waals surface area (Å²) in [4.78, 5) is 0. The molecule has 0 aliphatic carbocycles. The SMILES string of the molecule is COC(CN)(CCc1ccccc1)OC. The van der Waals surface area contributed by atoms with Gasteiger partial charge in [0.2, 0.25) is 0 Å². The van der Waals surface area contributed by atoms with E-state index in [0.29, 0.717) is 6.54 Å². The van der Waals surface area contributed by atoms with Gasteiger partial charge in [-0.15, -0.1) is 0 Å². The molecule has 0 unspecified atom stereocenters. The van der Waals surface area contributed by atoms with Crippen molar-refractivity contribution < 1.29 is 9.47 Å². The van der Waals surface area contributed by atoms with Crippen LogP contribution in [0.1, 0.15) is 12.0 Å². The Bertz CT molecular complexity index is 262. The molecule has 3 heteroatoms. The molecule has 0 heterocycles. The minimum absolute atomic E-state index is 0.368. The fourth-order valence-electron chi connectivity index (χ4n) is 1.54. The van der Waals surface area contributed by atoms with E-state index in [1.165, 1.54) is 5.56 Å². The Balaban J connectivity index is 2.54. The average molecular weight is 209 g/mol. The molecule has 2 N–H and O–H groups in total. The lowest BCUT2D eigenvalue weighted by atomic mass is 10.0. The molecular formula is C12H19NO2. The zero-order chi connectivity index (χ0) is 11.1. The number of benzene rings is 1. The highest BCUT2D eigenvalue weighted by atomic mass is 16.7. The van der Waals surface area contributed by atoms with Crippen LogP contribution in [-0.2, 0) is 15.9 Å². The first-order valence-corrected chi connectivity index (χ1v) is 5.10. The molecule has 0 aromatic heterocycles. The second-order valence-corrected chi connectivity index (χ2v) is 3.51. The maximum Gasteiger partial charge on any atom is 0.180 e. The molecule has 1 rings (SSSR count). The number of ether oxygens (including phenoxy) is 2. The van der Waals surface area contributed by atoms with Crippen molar-refractivity contribution in [1.82, 2.24) is 0 Å². The van der Waals surface area contributed by atoms with Crippen molar-refractivity contribution in [1.29, 1.82) is 0 Å². The summed E-state index contributed by atoms with van der Waals surface area (Å²) in [6.45, 7) is 0.368. The molecule has 15 heavy (non-hydrogen) atoms. The molecule has 0 spiro atoms. The third-order valence-electron chi connectivity index (χ3n) is 2.69. The molecule has 0 aliphatic rings. The zero-order valence-electron chi connectivity index (χ0n) is 9.40. The largest absolute Gasteiger partial charge is 0.352 e. The number of nitrogens with two attached hydrogens (primary N) is 1. The van der Waals surface area contributed by atoms with Crippen molar-refractivity contribution in [2.75, 3.05) is 20.8 Å². The molecule has 0 bridgehead atoms. The van der Waals surface area contributed by atoms with Crippen LogP contribution in [-0.4, -0.2) is 26.6 Å². The highest BCUT2D eigenvalue weighted by molar-refractivity contribution is 5.14. The Morgan fingerprint density at radius 2 is 1.73 bits per heavy atom. The van der Waals surface area contributed by atoms with E-state index >= 15 is 0 Å². The smallest absolute Gasteiger partial charge is 0.180 e. The highest BCUT2D eigenvalue weighted by Crippen LogP contribution is 2.17. The van der Waals surface area contributed by atoms with Crippen molar-refractivity contribution in [3.8, 4) is 0 Å². The molecule has 0 saturated carbocycles. The minimum atomic E-state index is -0.643. The van der Waals surface area contributed by atoms with Crippen molar-refractivity contribution in [2.45, 2.75) is 18.6 Å². The molecule has 84 valence electrons. The highest BCUT2D eigenvalue weighted by Gasteiger charge is 2.26. The summed E-state index contributed by atoms with van der Waals surface area (Å²) in [5.74, 6) is -0.643. The number of rotatable bonds is 6. The maximum absolute atomic E-state index is 5.64. The lowest BCUT2D eigenvalue weighted by Crippen LogP contribution is -2.42. The Kier molecular flexibility index (Phi) is 4.75. The Morgan fingerprint density at radius 3 is 2.20 bits per heavy atom. The number of hydrogen-bond donors (Lipinski definition) is 1. The van der Waals surface area contributed by atoms with Gasteiger partial charge in [-0.3, -0.25) is 0 Å². The van der Waals surface area contributed by atoms with E-state index < -0.39 is 5.79 Å². The van der Waals surface area contributed by atoms with Crippen LogP contribution < -0.4 is 5.73 Å². The normalized spacial score (nSPS) is 11.7. The molecule has 0 saturated heterocycles. The summed E-state index contributed by atoms with van der Waals surface area (Å²) >= 11 is 0. The van der Waals surface area contributed by atoms with Gasteiger partial charge >= 0.3 is 0 Å². The first-order valence-electron chi connectivity index (χ1n) is 5.10. The first kappa shape index (κ1) is 12.2. The van der Waals surface area contributed by atoms with Gasteiger partial charge in [0.15, 0.2) is 5.79 Å². The fraction of sp³-hybridized carbons (Fsp3) is 0.500. The second-order valence-electron chi connectivity index (χ2n) is 3.51. The second kappa shape index (κ2) is 5.85. The Morgan fingerprint density at radius 1 is 1.13 bits per heavy atom. The molecule has 3 nitrogen and oxygen atoms in total. The predicted molar refractivity (Wildman–Crippen MR) is 60.6 cm³/mol. The summed E-state index contributed by atoms with van der Waals surface area (Å²) < 4.78 is 10.6. The molecule has 0 radical (unpaired) electrons. The summed E-state index contributed by atoms with van der Waals surface area (Å²) in [6, 6.07) is 10.2. The van der Waals surface area contributed by atoms with Crippen molar-refractivity contribution in [3.05, 3.63) is 35.9 Å².